The van der Waals surface area contributed by atoms with E-state index in [-0.39, 0.29) is 0 Å². The van der Waals surface area contributed by atoms with Gasteiger partial charge in [-0.15, -0.1) is 0 Å². The minimum Gasteiger partial charge on any atom is -0.271 e. The molecular weight excluding hydrogens is 328 g/mol. The van der Waals surface area contributed by atoms with Crippen LogP contribution in [0.15, 0.2) is 28.7 Å². The van der Waals surface area contributed by atoms with Gasteiger partial charge in [-0.3, -0.25) is 11.3 Å². The molecule has 1 aliphatic rings. The summed E-state index contributed by atoms with van der Waals surface area (Å²) in [4.78, 5) is 0. The number of nitrogens with two attached hydrogens (primary N) is 1. The quantitative estimate of drug-likeness (QED) is 0.649. The van der Waals surface area contributed by atoms with Crippen molar-refractivity contribution in [1.29, 1.82) is 0 Å². The zero-order chi connectivity index (χ0) is 13.0. The Morgan fingerprint density at radius 1 is 1.33 bits per heavy atom. The SMILES string of the molecule is CC1SCCSC1C(Cc1ccc(Br)cc1)NN. The molecule has 0 aliphatic carbocycles. The molecule has 0 amide bonds. The first-order valence-electron chi connectivity index (χ1n) is 6.14. The van der Waals surface area contributed by atoms with Crippen LogP contribution >= 0.6 is 39.5 Å². The number of hydrogen-bond donors (Lipinski definition) is 2. The molecule has 2 rings (SSSR count). The first-order valence-corrected chi connectivity index (χ1v) is 9.03. The van der Waals surface area contributed by atoms with Crippen molar-refractivity contribution in [2.75, 3.05) is 11.5 Å². The summed E-state index contributed by atoms with van der Waals surface area (Å²) < 4.78 is 1.12. The van der Waals surface area contributed by atoms with Crippen LogP contribution in [0.3, 0.4) is 0 Å². The van der Waals surface area contributed by atoms with Gasteiger partial charge < -0.3 is 0 Å². The molecule has 0 spiro atoms. The second kappa shape index (κ2) is 7.20. The van der Waals surface area contributed by atoms with E-state index in [1.807, 2.05) is 0 Å². The van der Waals surface area contributed by atoms with Gasteiger partial charge in [0.05, 0.1) is 0 Å². The summed E-state index contributed by atoms with van der Waals surface area (Å²) in [6, 6.07) is 8.86. The van der Waals surface area contributed by atoms with Gasteiger partial charge in [0.2, 0.25) is 0 Å². The Labute approximate surface area is 126 Å². The predicted molar refractivity (Wildman–Crippen MR) is 87.1 cm³/mol. The van der Waals surface area contributed by atoms with E-state index >= 15 is 0 Å². The summed E-state index contributed by atoms with van der Waals surface area (Å²) in [5, 5.41) is 1.26. The lowest BCUT2D eigenvalue weighted by atomic mass is 10.0. The van der Waals surface area contributed by atoms with E-state index in [1.54, 1.807) is 0 Å². The smallest absolute Gasteiger partial charge is 0.0380 e. The summed E-state index contributed by atoms with van der Waals surface area (Å²) in [7, 11) is 0. The van der Waals surface area contributed by atoms with Crippen LogP contribution in [-0.2, 0) is 6.42 Å². The third kappa shape index (κ3) is 3.90. The normalized spacial score (nSPS) is 25.9. The highest BCUT2D eigenvalue weighted by Crippen LogP contribution is 2.33. The molecule has 0 bridgehead atoms. The second-order valence-electron chi connectivity index (χ2n) is 4.52. The molecule has 1 aromatic carbocycles. The first kappa shape index (κ1) is 14.7. The minimum absolute atomic E-state index is 0.346. The Bertz CT molecular complexity index is 372. The van der Waals surface area contributed by atoms with Crippen molar-refractivity contribution in [3.05, 3.63) is 34.3 Å². The average Bonchev–Trinajstić information content (AvgIpc) is 2.39. The lowest BCUT2D eigenvalue weighted by Gasteiger charge is -2.34. The van der Waals surface area contributed by atoms with Crippen LogP contribution in [0.4, 0.5) is 0 Å². The summed E-state index contributed by atoms with van der Waals surface area (Å²) in [5.41, 5.74) is 4.36. The van der Waals surface area contributed by atoms with Crippen molar-refractivity contribution in [3.63, 3.8) is 0 Å². The molecule has 1 heterocycles. The minimum atomic E-state index is 0.346. The molecule has 100 valence electrons. The fraction of sp³-hybridized carbons (Fsp3) is 0.538. The maximum Gasteiger partial charge on any atom is 0.0380 e. The molecule has 3 N–H and O–H groups in total. The monoisotopic (exact) mass is 346 g/mol. The van der Waals surface area contributed by atoms with E-state index < -0.39 is 0 Å². The summed E-state index contributed by atoms with van der Waals surface area (Å²) >= 11 is 7.58. The number of halogens is 1. The van der Waals surface area contributed by atoms with Crippen molar-refractivity contribution in [2.45, 2.75) is 29.9 Å². The molecular formula is C13H19BrN2S2. The highest BCUT2D eigenvalue weighted by Gasteiger charge is 2.29. The Hall–Kier alpha value is 0.320. The van der Waals surface area contributed by atoms with E-state index in [0.717, 1.165) is 10.9 Å². The average molecular weight is 347 g/mol. The molecule has 3 unspecified atom stereocenters. The Morgan fingerprint density at radius 2 is 2.00 bits per heavy atom. The summed E-state index contributed by atoms with van der Waals surface area (Å²) in [5.74, 6) is 8.26. The number of nitrogens with one attached hydrogen (secondary N) is 1. The van der Waals surface area contributed by atoms with Gasteiger partial charge in [0.25, 0.3) is 0 Å². The van der Waals surface area contributed by atoms with Gasteiger partial charge in [-0.2, -0.15) is 23.5 Å². The van der Waals surface area contributed by atoms with Gasteiger partial charge in [0, 0.05) is 32.5 Å². The fourth-order valence-electron chi connectivity index (χ4n) is 2.24. The number of rotatable bonds is 4. The van der Waals surface area contributed by atoms with E-state index in [4.69, 9.17) is 5.84 Å². The van der Waals surface area contributed by atoms with Crippen molar-refractivity contribution in [2.24, 2.45) is 5.84 Å². The van der Waals surface area contributed by atoms with Gasteiger partial charge in [-0.05, 0) is 24.1 Å². The van der Waals surface area contributed by atoms with Crippen LogP contribution in [0.5, 0.6) is 0 Å². The zero-order valence-electron chi connectivity index (χ0n) is 10.4. The largest absolute Gasteiger partial charge is 0.271 e. The molecule has 18 heavy (non-hydrogen) atoms. The van der Waals surface area contributed by atoms with E-state index in [1.165, 1.54) is 17.1 Å². The van der Waals surface area contributed by atoms with E-state index in [0.29, 0.717) is 16.5 Å². The molecule has 2 nitrogen and oxygen atoms in total. The lowest BCUT2D eigenvalue weighted by Crippen LogP contribution is -2.48. The summed E-state index contributed by atoms with van der Waals surface area (Å²) in [6.45, 7) is 2.31. The molecule has 1 aromatic rings. The van der Waals surface area contributed by atoms with Crippen molar-refractivity contribution in [1.82, 2.24) is 5.43 Å². The van der Waals surface area contributed by atoms with Gasteiger partial charge >= 0.3 is 0 Å². The molecule has 0 aromatic heterocycles. The van der Waals surface area contributed by atoms with Gasteiger partial charge in [-0.1, -0.05) is 35.0 Å². The van der Waals surface area contributed by atoms with Gasteiger partial charge in [-0.25, -0.2) is 0 Å². The summed E-state index contributed by atoms with van der Waals surface area (Å²) in [6.07, 6.45) is 0.992. The van der Waals surface area contributed by atoms with Crippen molar-refractivity contribution >= 4 is 39.5 Å². The molecule has 1 saturated heterocycles. The van der Waals surface area contributed by atoms with Crippen LogP contribution < -0.4 is 11.3 Å². The highest BCUT2D eigenvalue weighted by atomic mass is 79.9. The Morgan fingerprint density at radius 3 is 2.61 bits per heavy atom. The Balaban J connectivity index is 2.02. The third-order valence-corrected chi connectivity index (χ3v) is 7.00. The standard InChI is InChI=1S/C13H19BrN2S2/c1-9-13(18-7-6-17-9)12(16-15)8-10-2-4-11(14)5-3-10/h2-5,9,12-13,16H,6-8,15H2,1H3. The van der Waals surface area contributed by atoms with Gasteiger partial charge in [0.1, 0.15) is 0 Å². The van der Waals surface area contributed by atoms with Crippen molar-refractivity contribution in [3.8, 4) is 0 Å². The molecule has 1 aliphatic heterocycles. The Kier molecular flexibility index (Phi) is 5.89. The number of benzene rings is 1. The highest BCUT2D eigenvalue weighted by molar-refractivity contribution is 9.10. The maximum atomic E-state index is 5.76. The molecule has 3 atom stereocenters. The molecule has 0 saturated carbocycles. The van der Waals surface area contributed by atoms with E-state index in [9.17, 15) is 0 Å². The second-order valence-corrected chi connectivity index (χ2v) is 8.20. The first-order chi connectivity index (χ1) is 8.70. The van der Waals surface area contributed by atoms with Gasteiger partial charge in [0.15, 0.2) is 0 Å². The van der Waals surface area contributed by atoms with Crippen LogP contribution in [-0.4, -0.2) is 28.0 Å². The van der Waals surface area contributed by atoms with Crippen molar-refractivity contribution < 1.29 is 0 Å². The topological polar surface area (TPSA) is 38.0 Å². The fourth-order valence-corrected chi connectivity index (χ4v) is 5.44. The third-order valence-electron chi connectivity index (χ3n) is 3.22. The predicted octanol–water partition coefficient (Wildman–Crippen LogP) is 3.06. The number of hydrazine groups is 1. The zero-order valence-corrected chi connectivity index (χ0v) is 13.7. The molecule has 5 heteroatoms. The van der Waals surface area contributed by atoms with Crippen LogP contribution in [0.1, 0.15) is 12.5 Å². The molecule has 1 fully saturated rings. The maximum absolute atomic E-state index is 5.76. The van der Waals surface area contributed by atoms with Crippen LogP contribution in [0.2, 0.25) is 0 Å². The molecule has 0 radical (unpaired) electrons. The number of hydrogen-bond acceptors (Lipinski definition) is 4. The van der Waals surface area contributed by atoms with Crippen LogP contribution in [0.25, 0.3) is 0 Å². The van der Waals surface area contributed by atoms with E-state index in [2.05, 4.69) is 76.1 Å². The number of thioether (sulfide) groups is 2. The van der Waals surface area contributed by atoms with Crippen LogP contribution in [0, 0.1) is 0 Å². The lowest BCUT2D eigenvalue weighted by molar-refractivity contribution is 0.501.